The van der Waals surface area contributed by atoms with Crippen LogP contribution in [-0.2, 0) is 14.3 Å². The van der Waals surface area contributed by atoms with Crippen molar-refractivity contribution in [2.75, 3.05) is 13.2 Å². The van der Waals surface area contributed by atoms with Gasteiger partial charge in [-0.15, -0.1) is 0 Å². The smallest absolute Gasteiger partial charge is 0.246 e. The molecule has 0 aromatic heterocycles. The molecule has 1 aliphatic rings. The number of hydrogen-bond acceptors (Lipinski definition) is 9. The Labute approximate surface area is 118 Å². The minimum atomic E-state index is -1.81. The van der Waals surface area contributed by atoms with Gasteiger partial charge in [-0.1, -0.05) is 0 Å². The third kappa shape index (κ3) is 4.12. The molecular weight excluding hydrogens is 290 g/mol. The molecule has 1 amide bonds. The van der Waals surface area contributed by atoms with Crippen molar-refractivity contribution in [1.82, 2.24) is 5.32 Å². The van der Waals surface area contributed by atoms with Crippen molar-refractivity contribution in [2.24, 2.45) is 0 Å². The van der Waals surface area contributed by atoms with Crippen LogP contribution in [0.1, 0.15) is 0 Å². The van der Waals surface area contributed by atoms with Gasteiger partial charge in [0.2, 0.25) is 5.91 Å². The van der Waals surface area contributed by atoms with Crippen molar-refractivity contribution in [2.45, 2.75) is 30.5 Å². The van der Waals surface area contributed by atoms with E-state index in [1.807, 2.05) is 0 Å². The van der Waals surface area contributed by atoms with E-state index in [-0.39, 0.29) is 0 Å². The maximum absolute atomic E-state index is 11.2. The Balaban J connectivity index is 3.04. The second-order valence-corrected chi connectivity index (χ2v) is 4.38. The molecule has 0 aromatic rings. The first-order valence-corrected chi connectivity index (χ1v) is 5.97. The number of ether oxygens (including phenoxy) is 1. The Morgan fingerprint density at radius 1 is 1.38 bits per heavy atom. The molecule has 0 saturated carbocycles. The highest BCUT2D eigenvalue weighted by molar-refractivity contribution is 5.83. The van der Waals surface area contributed by atoms with Crippen molar-refractivity contribution in [3.05, 3.63) is 11.8 Å². The summed E-state index contributed by atoms with van der Waals surface area (Å²) in [4.78, 5) is 21.9. The van der Waals surface area contributed by atoms with Gasteiger partial charge in [-0.3, -0.25) is 4.79 Å². The van der Waals surface area contributed by atoms with Crippen LogP contribution in [0.15, 0.2) is 11.8 Å². The molecule has 0 aliphatic carbocycles. The number of carbonyl (C=O) groups is 2. The average Bonchev–Trinajstić information content (AvgIpc) is 2.46. The molecule has 10 heteroatoms. The highest BCUT2D eigenvalue weighted by atomic mass is 16.5. The molecule has 0 saturated heterocycles. The second kappa shape index (κ2) is 7.33. The van der Waals surface area contributed by atoms with Crippen LogP contribution in [0.2, 0.25) is 0 Å². The first kappa shape index (κ1) is 17.3. The van der Waals surface area contributed by atoms with Crippen LogP contribution in [0.5, 0.6) is 0 Å². The molecule has 10 nitrogen and oxygen atoms in total. The monoisotopic (exact) mass is 306 g/mol. The second-order valence-electron chi connectivity index (χ2n) is 4.38. The number of carboxylic acids is 1. The number of hydrogen-bond donors (Lipinski definition) is 6. The molecule has 21 heavy (non-hydrogen) atoms. The van der Waals surface area contributed by atoms with Crippen molar-refractivity contribution in [3.8, 4) is 0 Å². The van der Waals surface area contributed by atoms with E-state index >= 15 is 0 Å². The number of amides is 1. The summed E-state index contributed by atoms with van der Waals surface area (Å²) in [6.07, 6.45) is -5.91. The predicted octanol–water partition coefficient (Wildman–Crippen LogP) is -5.43. The first-order valence-electron chi connectivity index (χ1n) is 5.97. The zero-order valence-electron chi connectivity index (χ0n) is 10.7. The van der Waals surface area contributed by atoms with E-state index in [9.17, 15) is 30.0 Å². The third-order valence-electron chi connectivity index (χ3n) is 2.90. The SMILES string of the molecule is O=C(CO)N[C@@H]1C(O)C=C(C(=O)[O-])OC1[C@H](O)[C@H](O)CO. The number of nitrogens with one attached hydrogen (secondary N) is 1. The van der Waals surface area contributed by atoms with Crippen LogP contribution < -0.4 is 10.4 Å². The number of carbonyl (C=O) groups excluding carboxylic acids is 2. The summed E-state index contributed by atoms with van der Waals surface area (Å²) < 4.78 is 4.88. The zero-order chi connectivity index (χ0) is 16.2. The number of aliphatic hydroxyl groups is 5. The molecule has 1 heterocycles. The van der Waals surface area contributed by atoms with Gasteiger partial charge in [0.15, 0.2) is 6.10 Å². The number of rotatable bonds is 6. The molecule has 1 rings (SSSR count). The molecule has 2 unspecified atom stereocenters. The molecule has 5 atom stereocenters. The number of aliphatic hydroxyl groups excluding tert-OH is 5. The molecule has 120 valence electrons. The Kier molecular flexibility index (Phi) is 6.05. The molecule has 0 aromatic carbocycles. The van der Waals surface area contributed by atoms with E-state index in [2.05, 4.69) is 5.32 Å². The van der Waals surface area contributed by atoms with Crippen LogP contribution in [0, 0.1) is 0 Å². The number of carboxylic acid groups (broad SMARTS) is 1. The van der Waals surface area contributed by atoms with Crippen molar-refractivity contribution >= 4 is 11.9 Å². The highest BCUT2D eigenvalue weighted by Gasteiger charge is 2.42. The van der Waals surface area contributed by atoms with Crippen LogP contribution in [0.3, 0.4) is 0 Å². The fraction of sp³-hybridized carbons (Fsp3) is 0.636. The molecular formula is C11H16NO9-. The molecule has 0 radical (unpaired) electrons. The van der Waals surface area contributed by atoms with E-state index in [0.29, 0.717) is 0 Å². The summed E-state index contributed by atoms with van der Waals surface area (Å²) in [5, 5.41) is 59.3. The largest absolute Gasteiger partial charge is 0.542 e. The van der Waals surface area contributed by atoms with Gasteiger partial charge in [-0.05, 0) is 6.08 Å². The van der Waals surface area contributed by atoms with E-state index in [4.69, 9.17) is 14.9 Å². The highest BCUT2D eigenvalue weighted by Crippen LogP contribution is 2.22. The van der Waals surface area contributed by atoms with E-state index in [1.54, 1.807) is 0 Å². The van der Waals surface area contributed by atoms with Crippen molar-refractivity contribution in [3.63, 3.8) is 0 Å². The lowest BCUT2D eigenvalue weighted by Gasteiger charge is -2.39. The minimum absolute atomic E-state index is 0.742. The van der Waals surface area contributed by atoms with Gasteiger partial charge < -0.3 is 45.5 Å². The molecule has 0 fully saturated rings. The zero-order valence-corrected chi connectivity index (χ0v) is 10.7. The molecule has 6 N–H and O–H groups in total. The quantitative estimate of drug-likeness (QED) is 0.279. The number of aliphatic carboxylic acids is 1. The van der Waals surface area contributed by atoms with Gasteiger partial charge in [0.05, 0.1) is 18.8 Å². The average molecular weight is 306 g/mol. The fourth-order valence-electron chi connectivity index (χ4n) is 1.84. The predicted molar refractivity (Wildman–Crippen MR) is 62.1 cm³/mol. The molecule has 0 bridgehead atoms. The molecule has 0 spiro atoms. The lowest BCUT2D eigenvalue weighted by molar-refractivity contribution is -0.305. The van der Waals surface area contributed by atoms with Crippen LogP contribution >= 0.6 is 0 Å². The van der Waals surface area contributed by atoms with Crippen LogP contribution in [0.25, 0.3) is 0 Å². The van der Waals surface area contributed by atoms with Gasteiger partial charge in [-0.2, -0.15) is 0 Å². The van der Waals surface area contributed by atoms with Gasteiger partial charge in [-0.25, -0.2) is 0 Å². The van der Waals surface area contributed by atoms with E-state index in [0.717, 1.165) is 6.08 Å². The summed E-state index contributed by atoms with van der Waals surface area (Å²) >= 11 is 0. The topological polar surface area (TPSA) is 180 Å². The Hall–Kier alpha value is -1.72. The summed E-state index contributed by atoms with van der Waals surface area (Å²) in [5.74, 6) is -3.47. The Bertz CT molecular complexity index is 424. The minimum Gasteiger partial charge on any atom is -0.542 e. The standard InChI is InChI=1S/C11H17NO9/c13-2-5(16)9(18)10-8(12-7(17)3-14)4(15)1-6(21-10)11(19)20/h1,4-5,8-10,13-16,18H,2-3H2,(H,12,17)(H,19,20)/p-1/t4?,5-,8-,9-,10?/m1/s1. The molecule has 1 aliphatic heterocycles. The van der Waals surface area contributed by atoms with Gasteiger partial charge in [0.25, 0.3) is 0 Å². The van der Waals surface area contributed by atoms with Gasteiger partial charge in [0, 0.05) is 0 Å². The Morgan fingerprint density at radius 3 is 2.48 bits per heavy atom. The van der Waals surface area contributed by atoms with E-state index in [1.165, 1.54) is 0 Å². The summed E-state index contributed by atoms with van der Waals surface area (Å²) in [6.45, 7) is -1.77. The maximum atomic E-state index is 11.2. The van der Waals surface area contributed by atoms with Crippen molar-refractivity contribution < 1.29 is 45.0 Å². The lowest BCUT2D eigenvalue weighted by atomic mass is 9.94. The van der Waals surface area contributed by atoms with E-state index < -0.39 is 61.3 Å². The van der Waals surface area contributed by atoms with Gasteiger partial charge in [0.1, 0.15) is 30.5 Å². The lowest BCUT2D eigenvalue weighted by Crippen LogP contribution is -2.60. The van der Waals surface area contributed by atoms with Crippen LogP contribution in [-0.4, -0.2) is 81.1 Å². The van der Waals surface area contributed by atoms with Crippen LogP contribution in [0.4, 0.5) is 0 Å². The first-order chi connectivity index (χ1) is 9.81. The third-order valence-corrected chi connectivity index (χ3v) is 2.90. The normalized spacial score (nSPS) is 28.0. The summed E-state index contributed by atoms with van der Waals surface area (Å²) in [6, 6.07) is -1.34. The maximum Gasteiger partial charge on any atom is 0.246 e. The summed E-state index contributed by atoms with van der Waals surface area (Å²) in [5.41, 5.74) is 0. The van der Waals surface area contributed by atoms with Gasteiger partial charge >= 0.3 is 0 Å². The Morgan fingerprint density at radius 2 is 2.00 bits per heavy atom. The summed E-state index contributed by atoms with van der Waals surface area (Å²) in [7, 11) is 0. The van der Waals surface area contributed by atoms with Crippen molar-refractivity contribution in [1.29, 1.82) is 0 Å². The fourth-order valence-corrected chi connectivity index (χ4v) is 1.84.